The van der Waals surface area contributed by atoms with Gasteiger partial charge in [0.15, 0.2) is 5.78 Å². The molecule has 0 unspecified atom stereocenters. The summed E-state index contributed by atoms with van der Waals surface area (Å²) >= 11 is 43.6. The maximum absolute atomic E-state index is 12.8. The summed E-state index contributed by atoms with van der Waals surface area (Å²) < 4.78 is 29.4. The van der Waals surface area contributed by atoms with Crippen LogP contribution in [-0.2, 0) is 24.3 Å². The van der Waals surface area contributed by atoms with Crippen molar-refractivity contribution < 1.29 is 51.0 Å². The molecule has 0 aliphatic carbocycles. The van der Waals surface area contributed by atoms with Crippen molar-refractivity contribution in [2.75, 3.05) is 25.6 Å². The quantitative estimate of drug-likeness (QED) is 0.0392. The number of thiol groups is 1. The van der Waals surface area contributed by atoms with Crippen LogP contribution in [0.4, 0.5) is 4.39 Å². The number of rotatable bonds is 9. The van der Waals surface area contributed by atoms with Crippen molar-refractivity contribution in [3.8, 4) is 0 Å². The van der Waals surface area contributed by atoms with Gasteiger partial charge in [-0.15, -0.1) is 22.7 Å². The number of ether oxygens (including phenoxy) is 3. The summed E-state index contributed by atoms with van der Waals surface area (Å²) in [4.78, 5) is 45.7. The molecular weight excluding hydrogens is 1990 g/mol. The Kier molecular flexibility index (Phi) is 39.2. The number of hydrogen-bond donors (Lipinski definition) is 1. The van der Waals surface area contributed by atoms with Crippen LogP contribution in [0.2, 0.25) is 15.1 Å². The van der Waals surface area contributed by atoms with Crippen LogP contribution in [0.25, 0.3) is 20.2 Å². The van der Waals surface area contributed by atoms with Gasteiger partial charge in [0.05, 0.1) is 36.2 Å². The average Bonchev–Trinajstić information content (AvgIpc) is 3.75. The Hall–Kier alpha value is 3.86. The zero-order chi connectivity index (χ0) is 46.1. The van der Waals surface area contributed by atoms with Gasteiger partial charge in [0, 0.05) is 35.5 Å². The molecule has 2 aromatic heterocycles. The topological polar surface area (TPSA) is 96.0 Å². The zero-order valence-corrected chi connectivity index (χ0v) is 57.4. The molecule has 0 fully saturated rings. The van der Waals surface area contributed by atoms with E-state index in [9.17, 15) is 23.6 Å². The monoisotopic (exact) mass is 2020 g/mol. The van der Waals surface area contributed by atoms with E-state index in [4.69, 9.17) is 44.3 Å². The molecule has 60 heavy (non-hydrogen) atoms. The average molecular weight is 2020 g/mol. The molecular formula is C36H35BrCl3FI9O7S3-. The summed E-state index contributed by atoms with van der Waals surface area (Å²) in [6.45, 7) is 9.75. The van der Waals surface area contributed by atoms with Crippen molar-refractivity contribution in [1.29, 1.82) is 0 Å². The Morgan fingerprint density at radius 2 is 1.18 bits per heavy atom. The minimum absolute atomic E-state index is 0.0332. The van der Waals surface area contributed by atoms with Gasteiger partial charge in [-0.3, -0.25) is 9.59 Å². The first-order valence-corrected chi connectivity index (χ1v) is 64.8. The van der Waals surface area contributed by atoms with Crippen LogP contribution in [0.3, 0.4) is 0 Å². The van der Waals surface area contributed by atoms with Crippen LogP contribution in [0, 0.1) is 12.7 Å². The molecule has 0 aliphatic rings. The molecule has 0 amide bonds. The van der Waals surface area contributed by atoms with Gasteiger partial charge in [-0.1, -0.05) is 68.9 Å². The van der Waals surface area contributed by atoms with Gasteiger partial charge in [0.25, 0.3) is 0 Å². The van der Waals surface area contributed by atoms with E-state index in [0.717, 1.165) is 31.3 Å². The Bertz CT molecular complexity index is 2110. The van der Waals surface area contributed by atoms with Crippen molar-refractivity contribution >= 4 is 257 Å². The van der Waals surface area contributed by atoms with E-state index in [1.165, 1.54) is 47.8 Å². The van der Waals surface area contributed by atoms with Crippen LogP contribution in [0.5, 0.6) is 0 Å². The third kappa shape index (κ3) is 24.4. The molecule has 5 rings (SSSR count). The predicted octanol–water partition coefficient (Wildman–Crippen LogP) is 15.9. The third-order valence-corrected chi connectivity index (χ3v) is 93.3. The molecule has 0 bridgehead atoms. The normalized spacial score (nSPS) is 10.4. The molecule has 0 atom stereocenters. The summed E-state index contributed by atoms with van der Waals surface area (Å²) in [7, 11) is -0.599. The van der Waals surface area contributed by atoms with Gasteiger partial charge >= 0.3 is 159 Å². The van der Waals surface area contributed by atoms with Crippen molar-refractivity contribution in [1.82, 2.24) is 0 Å². The van der Waals surface area contributed by atoms with Gasteiger partial charge in [-0.25, -0.2) is 14.0 Å². The molecule has 0 N–H and O–H groups in total. The van der Waals surface area contributed by atoms with E-state index < -0.39 is 5.82 Å². The van der Waals surface area contributed by atoms with Crippen molar-refractivity contribution in [2.45, 2.75) is 39.9 Å². The molecule has 7 nitrogen and oxygen atoms in total. The van der Waals surface area contributed by atoms with Crippen molar-refractivity contribution in [2.24, 2.45) is 0 Å². The molecule has 0 spiro atoms. The molecule has 2 heterocycles. The van der Waals surface area contributed by atoms with Gasteiger partial charge in [-0.2, -0.15) is 12.6 Å². The summed E-state index contributed by atoms with van der Waals surface area (Å²) in [5.41, 5.74) is 1.78. The summed E-state index contributed by atoms with van der Waals surface area (Å²) in [6, 6.07) is 15.5. The Balaban J connectivity index is 0.000000749. The SMILES string of the molecule is CC(=O)c1c(F)cccc1Cl.CCOC(=O)CS.CCOC(=O)c1sc2cccc(Cl)c2c1C.CCOC(=O)c1sc2cccc(Cl)c2c1CBr.II(I)I.I[I-]I(I)I. The van der Waals surface area contributed by atoms with Gasteiger partial charge < -0.3 is 14.2 Å². The first kappa shape index (κ1) is 63.9. The van der Waals surface area contributed by atoms with E-state index in [1.54, 1.807) is 20.8 Å². The van der Waals surface area contributed by atoms with Crippen LogP contribution in [-0.4, -0.2) is 49.3 Å². The summed E-state index contributed by atoms with van der Waals surface area (Å²) in [5.74, 6) is -1.55. The number of carbonyl (C=O) groups excluding carboxylic acids is 4. The maximum atomic E-state index is 12.8. The van der Waals surface area contributed by atoms with Crippen LogP contribution in [0.15, 0.2) is 54.6 Å². The standard InChI is InChI=1S/C12H10BrClO2S.C12H11ClO2S.C8H6ClFO.C4H8O2S.I5.I4/c1-2-16-12(15)11-7(6-13)10-8(14)4-3-5-9(10)17-11;1-3-15-12(14)11-7(2)10-8(13)5-4-6-9(10)16-11;1-5(11)8-6(9)3-2-4-7(8)10;1-2-6-4(5)3-7;1-4-5(2)3;1-4(2)3/h3-5H,2,6H2,1H3;4-6H,3H2,1-2H3;2-4H,1H3;7H,2-3H2,1H3;;/q;;;;-1;. The molecule has 0 saturated carbocycles. The number of ketones is 1. The zero-order valence-electron chi connectivity index (χ0n) is 31.6. The second-order valence-electron chi connectivity index (χ2n) is 10.3. The van der Waals surface area contributed by atoms with Gasteiger partial charge in [-0.05, 0) is 82.1 Å². The fourth-order valence-corrected chi connectivity index (χ4v) is 8.46. The molecule has 0 saturated heterocycles. The molecule has 3 aromatic carbocycles. The molecule has 24 heteroatoms. The number of alkyl halides is 1. The fraction of sp³-hybridized carbons (Fsp3) is 0.278. The van der Waals surface area contributed by atoms with Crippen LogP contribution in [0.1, 0.15) is 68.5 Å². The fourth-order valence-electron chi connectivity index (χ4n) is 4.34. The van der Waals surface area contributed by atoms with Gasteiger partial charge in [0.1, 0.15) is 15.6 Å². The van der Waals surface area contributed by atoms with E-state index >= 15 is 0 Å². The van der Waals surface area contributed by atoms with E-state index in [1.807, 2.05) is 43.3 Å². The number of halogens is 14. The second-order valence-corrected chi connectivity index (χ2v) is 128. The second kappa shape index (κ2) is 36.8. The molecule has 338 valence electrons. The van der Waals surface area contributed by atoms with Crippen molar-refractivity contribution in [3.63, 3.8) is 0 Å². The number of fused-ring (bicyclic) bond motifs is 2. The van der Waals surface area contributed by atoms with E-state index in [0.29, 0.717) is 58.2 Å². The number of thiophene rings is 2. The number of hydrogen-bond acceptors (Lipinski definition) is 10. The number of benzene rings is 3. The van der Waals surface area contributed by atoms with Crippen LogP contribution < -0.4 is 13.3 Å². The third-order valence-electron chi connectivity index (χ3n) is 6.51. The first-order chi connectivity index (χ1) is 28.3. The summed E-state index contributed by atoms with van der Waals surface area (Å²) in [6.07, 6.45) is 0. The minimum atomic E-state index is -0.565. The number of esters is 3. The Morgan fingerprint density at radius 1 is 0.767 bits per heavy atom. The Labute approximate surface area is 466 Å². The first-order valence-electron chi connectivity index (χ1n) is 16.3. The van der Waals surface area contributed by atoms with E-state index in [2.05, 4.69) is 145 Å². The molecule has 0 aliphatic heterocycles. The number of aryl methyl sites for hydroxylation is 1. The molecule has 0 radical (unpaired) electrons. The predicted molar refractivity (Wildman–Crippen MR) is 327 cm³/mol. The van der Waals surface area contributed by atoms with Crippen molar-refractivity contribution in [3.05, 3.63) is 102 Å². The number of carbonyl (C=O) groups is 4. The Morgan fingerprint density at radius 3 is 1.55 bits per heavy atom. The van der Waals surface area contributed by atoms with E-state index in [-0.39, 0.29) is 55.8 Å². The number of Topliss-reactive ketones (excluding diaryl/α,β-unsaturated/α-hetero) is 1. The summed E-state index contributed by atoms with van der Waals surface area (Å²) in [5, 5.41) is 4.00. The van der Waals surface area contributed by atoms with Crippen LogP contribution >= 0.6 is 214 Å². The van der Waals surface area contributed by atoms with Gasteiger partial charge in [0.2, 0.25) is 0 Å². The molecule has 5 aromatic rings.